The summed E-state index contributed by atoms with van der Waals surface area (Å²) in [6, 6.07) is 0. The first kappa shape index (κ1) is 8.52. The number of aliphatic hydroxyl groups is 1. The lowest BCUT2D eigenvalue weighted by molar-refractivity contribution is -0.0544. The Morgan fingerprint density at radius 1 is 1.33 bits per heavy atom. The Bertz CT molecular complexity index is 188. The Morgan fingerprint density at radius 3 is 2.50 bits per heavy atom. The van der Waals surface area contributed by atoms with Crippen molar-refractivity contribution in [3.8, 4) is 0 Å². The minimum absolute atomic E-state index is 0.280. The Kier molecular flexibility index (Phi) is 1.74. The van der Waals surface area contributed by atoms with Gasteiger partial charge in [-0.3, -0.25) is 0 Å². The van der Waals surface area contributed by atoms with Crippen molar-refractivity contribution in [2.45, 2.75) is 44.6 Å². The topological polar surface area (TPSA) is 46.2 Å². The molecule has 0 heterocycles. The van der Waals surface area contributed by atoms with E-state index in [4.69, 9.17) is 5.73 Å². The van der Waals surface area contributed by atoms with E-state index in [1.807, 2.05) is 0 Å². The van der Waals surface area contributed by atoms with Crippen LogP contribution in [0.4, 0.5) is 0 Å². The second-order valence-corrected chi connectivity index (χ2v) is 4.69. The maximum Gasteiger partial charge on any atom is 0.0741 e. The zero-order valence-electron chi connectivity index (χ0n) is 7.84. The van der Waals surface area contributed by atoms with Crippen molar-refractivity contribution in [3.63, 3.8) is 0 Å². The van der Waals surface area contributed by atoms with Gasteiger partial charge in [0.05, 0.1) is 5.60 Å². The predicted octanol–water partition coefficient (Wildman–Crippen LogP) is 1.28. The van der Waals surface area contributed by atoms with Gasteiger partial charge in [0.1, 0.15) is 0 Å². The van der Waals surface area contributed by atoms with Crippen LogP contribution in [0, 0.1) is 11.3 Å². The average molecular weight is 169 g/mol. The molecule has 1 spiro atoms. The van der Waals surface area contributed by atoms with Gasteiger partial charge in [0.15, 0.2) is 0 Å². The van der Waals surface area contributed by atoms with E-state index in [0.29, 0.717) is 12.0 Å². The predicted molar refractivity (Wildman–Crippen MR) is 48.7 cm³/mol. The van der Waals surface area contributed by atoms with E-state index in [2.05, 4.69) is 6.92 Å². The molecule has 3 N–H and O–H groups in total. The second-order valence-electron chi connectivity index (χ2n) is 4.69. The van der Waals surface area contributed by atoms with E-state index >= 15 is 0 Å². The van der Waals surface area contributed by atoms with Gasteiger partial charge in [-0.05, 0) is 50.0 Å². The summed E-state index contributed by atoms with van der Waals surface area (Å²) in [4.78, 5) is 0. The summed E-state index contributed by atoms with van der Waals surface area (Å²) >= 11 is 0. The van der Waals surface area contributed by atoms with Crippen molar-refractivity contribution < 1.29 is 5.11 Å². The van der Waals surface area contributed by atoms with E-state index in [1.54, 1.807) is 0 Å². The summed E-state index contributed by atoms with van der Waals surface area (Å²) in [6.45, 7) is 2.71. The molecule has 2 nitrogen and oxygen atoms in total. The average Bonchev–Trinajstić information content (AvgIpc) is 2.76. The van der Waals surface area contributed by atoms with E-state index in [-0.39, 0.29) is 5.92 Å². The van der Waals surface area contributed by atoms with Crippen molar-refractivity contribution in [3.05, 3.63) is 0 Å². The maximum atomic E-state index is 10.5. The Morgan fingerprint density at radius 2 is 2.00 bits per heavy atom. The highest BCUT2D eigenvalue weighted by Crippen LogP contribution is 2.65. The number of rotatable bonds is 2. The molecule has 0 radical (unpaired) electrons. The Hall–Kier alpha value is -0.0800. The maximum absolute atomic E-state index is 10.5. The third-order valence-electron chi connectivity index (χ3n) is 4.15. The fourth-order valence-electron chi connectivity index (χ4n) is 2.98. The first-order chi connectivity index (χ1) is 5.65. The van der Waals surface area contributed by atoms with Crippen LogP contribution >= 0.6 is 0 Å². The Labute approximate surface area is 74.1 Å². The lowest BCUT2D eigenvalue weighted by Gasteiger charge is -2.35. The highest BCUT2D eigenvalue weighted by Gasteiger charge is 2.62. The first-order valence-electron chi connectivity index (χ1n) is 5.07. The number of nitrogens with two attached hydrogens (primary N) is 1. The molecule has 0 aromatic heterocycles. The summed E-state index contributed by atoms with van der Waals surface area (Å²) in [5.74, 6) is 0.280. The molecular weight excluding hydrogens is 150 g/mol. The number of hydrogen-bond donors (Lipinski definition) is 2. The molecule has 70 valence electrons. The lowest BCUT2D eigenvalue weighted by Crippen LogP contribution is -2.44. The molecule has 0 saturated heterocycles. The van der Waals surface area contributed by atoms with E-state index in [9.17, 15) is 5.11 Å². The zero-order valence-corrected chi connectivity index (χ0v) is 7.84. The Balaban J connectivity index is 2.18. The lowest BCUT2D eigenvalue weighted by atomic mass is 9.77. The molecule has 12 heavy (non-hydrogen) atoms. The van der Waals surface area contributed by atoms with Gasteiger partial charge in [-0.25, -0.2) is 0 Å². The van der Waals surface area contributed by atoms with E-state index in [1.165, 1.54) is 25.7 Å². The van der Waals surface area contributed by atoms with Gasteiger partial charge < -0.3 is 10.8 Å². The third-order valence-corrected chi connectivity index (χ3v) is 4.15. The van der Waals surface area contributed by atoms with Crippen LogP contribution in [0.25, 0.3) is 0 Å². The van der Waals surface area contributed by atoms with E-state index in [0.717, 1.165) is 6.42 Å². The van der Waals surface area contributed by atoms with Gasteiger partial charge in [-0.15, -0.1) is 0 Å². The zero-order chi connectivity index (χ0) is 8.82. The molecule has 2 rings (SSSR count). The highest BCUT2D eigenvalue weighted by atomic mass is 16.3. The summed E-state index contributed by atoms with van der Waals surface area (Å²) in [6.07, 6.45) is 5.86. The van der Waals surface area contributed by atoms with E-state index < -0.39 is 5.60 Å². The molecule has 2 heteroatoms. The van der Waals surface area contributed by atoms with Crippen LogP contribution in [0.3, 0.4) is 0 Å². The van der Waals surface area contributed by atoms with Crippen LogP contribution < -0.4 is 5.73 Å². The summed E-state index contributed by atoms with van der Waals surface area (Å²) in [5, 5.41) is 10.5. The van der Waals surface area contributed by atoms with Crippen LogP contribution in [0.15, 0.2) is 0 Å². The van der Waals surface area contributed by atoms with Crippen LogP contribution in [0.1, 0.15) is 39.0 Å². The first-order valence-corrected chi connectivity index (χ1v) is 5.07. The highest BCUT2D eigenvalue weighted by molar-refractivity contribution is 5.13. The molecule has 0 aromatic rings. The van der Waals surface area contributed by atoms with Gasteiger partial charge in [-0.2, -0.15) is 0 Å². The number of hydrogen-bond acceptors (Lipinski definition) is 2. The molecular formula is C10H19NO. The molecule has 0 aromatic carbocycles. The van der Waals surface area contributed by atoms with Crippen molar-refractivity contribution in [2.75, 3.05) is 6.54 Å². The minimum atomic E-state index is -0.415. The quantitative estimate of drug-likeness (QED) is 0.654. The molecule has 0 amide bonds. The van der Waals surface area contributed by atoms with Crippen molar-refractivity contribution in [2.24, 2.45) is 17.1 Å². The summed E-state index contributed by atoms with van der Waals surface area (Å²) in [5.41, 5.74) is 5.51. The van der Waals surface area contributed by atoms with Crippen molar-refractivity contribution in [1.29, 1.82) is 0 Å². The van der Waals surface area contributed by atoms with Gasteiger partial charge in [-0.1, -0.05) is 6.92 Å². The SMILES string of the molecule is CC(CN)C1(O)CCCC12CC2. The molecule has 2 unspecified atom stereocenters. The fraction of sp³-hybridized carbons (Fsp3) is 1.00. The van der Waals surface area contributed by atoms with Crippen molar-refractivity contribution in [1.82, 2.24) is 0 Å². The summed E-state index contributed by atoms with van der Waals surface area (Å²) < 4.78 is 0. The monoisotopic (exact) mass is 169 g/mol. The molecule has 2 fully saturated rings. The molecule has 2 saturated carbocycles. The van der Waals surface area contributed by atoms with Gasteiger partial charge >= 0.3 is 0 Å². The van der Waals surface area contributed by atoms with Gasteiger partial charge in [0, 0.05) is 0 Å². The molecule has 0 aliphatic heterocycles. The summed E-state index contributed by atoms with van der Waals surface area (Å²) in [7, 11) is 0. The van der Waals surface area contributed by atoms with Gasteiger partial charge in [0.2, 0.25) is 0 Å². The molecule has 0 bridgehead atoms. The van der Waals surface area contributed by atoms with Gasteiger partial charge in [0.25, 0.3) is 0 Å². The minimum Gasteiger partial charge on any atom is -0.389 e. The standard InChI is InChI=1S/C10H19NO/c1-8(7-11)10(12)4-2-3-9(10)5-6-9/h8,12H,2-7,11H2,1H3. The van der Waals surface area contributed by atoms with Crippen LogP contribution in [0.2, 0.25) is 0 Å². The third kappa shape index (κ3) is 0.882. The van der Waals surface area contributed by atoms with Crippen LogP contribution in [-0.2, 0) is 0 Å². The molecule has 2 aliphatic rings. The normalized spacial score (nSPS) is 40.2. The smallest absolute Gasteiger partial charge is 0.0741 e. The fourth-order valence-corrected chi connectivity index (χ4v) is 2.98. The van der Waals surface area contributed by atoms with Crippen molar-refractivity contribution >= 4 is 0 Å². The van der Waals surface area contributed by atoms with Crippen LogP contribution in [-0.4, -0.2) is 17.3 Å². The van der Waals surface area contributed by atoms with Crippen LogP contribution in [0.5, 0.6) is 0 Å². The molecule has 2 aliphatic carbocycles. The molecule has 2 atom stereocenters. The second kappa shape index (κ2) is 2.46. The largest absolute Gasteiger partial charge is 0.389 e.